The molecule has 0 saturated carbocycles. The molecule has 0 aliphatic heterocycles. The molecule has 0 saturated heterocycles. The standard InChI is InChI=1S/C27H32Br2O/c1-15-16(2)18(4)25(29)19(17(15)3)9-10-24(30)20-13-21-22(14-23(20)28)27(7,8)12-11-26(21,5)6/h9-10,13-14H,11-12H2,1-8H3/b10-9+. The second-order valence-corrected chi connectivity index (χ2v) is 11.7. The Morgan fingerprint density at radius 1 is 0.833 bits per heavy atom. The Bertz CT molecular complexity index is 1040. The van der Waals surface area contributed by atoms with E-state index in [1.54, 1.807) is 6.08 Å². The van der Waals surface area contributed by atoms with Gasteiger partial charge >= 0.3 is 0 Å². The van der Waals surface area contributed by atoms with Gasteiger partial charge in [-0.05, 0) is 131 Å². The summed E-state index contributed by atoms with van der Waals surface area (Å²) in [5, 5.41) is 0. The van der Waals surface area contributed by atoms with E-state index in [1.807, 2.05) is 6.08 Å². The normalized spacial score (nSPS) is 17.3. The highest BCUT2D eigenvalue weighted by atomic mass is 79.9. The lowest BCUT2D eigenvalue weighted by Gasteiger charge is -2.42. The highest BCUT2D eigenvalue weighted by molar-refractivity contribution is 9.10. The molecule has 0 amide bonds. The number of hydrogen-bond acceptors (Lipinski definition) is 1. The van der Waals surface area contributed by atoms with E-state index in [9.17, 15) is 4.79 Å². The summed E-state index contributed by atoms with van der Waals surface area (Å²) >= 11 is 7.43. The summed E-state index contributed by atoms with van der Waals surface area (Å²) in [6, 6.07) is 4.30. The van der Waals surface area contributed by atoms with Crippen molar-refractivity contribution in [1.29, 1.82) is 0 Å². The quantitative estimate of drug-likeness (QED) is 0.286. The van der Waals surface area contributed by atoms with E-state index in [2.05, 4.69) is 99.4 Å². The lowest BCUT2D eigenvalue weighted by molar-refractivity contribution is 0.104. The molecule has 0 fully saturated rings. The van der Waals surface area contributed by atoms with Crippen molar-refractivity contribution in [1.82, 2.24) is 0 Å². The molecule has 30 heavy (non-hydrogen) atoms. The first-order valence-corrected chi connectivity index (χ1v) is 12.2. The van der Waals surface area contributed by atoms with E-state index in [-0.39, 0.29) is 16.6 Å². The number of carbonyl (C=O) groups is 1. The van der Waals surface area contributed by atoms with Gasteiger partial charge in [-0.2, -0.15) is 0 Å². The maximum atomic E-state index is 13.2. The maximum absolute atomic E-state index is 13.2. The van der Waals surface area contributed by atoms with Gasteiger partial charge < -0.3 is 0 Å². The third-order valence-electron chi connectivity index (χ3n) is 7.26. The molecule has 0 unspecified atom stereocenters. The number of allylic oxidation sites excluding steroid dienone is 1. The van der Waals surface area contributed by atoms with Crippen LogP contribution in [0.5, 0.6) is 0 Å². The fourth-order valence-electron chi connectivity index (χ4n) is 4.52. The fraction of sp³-hybridized carbons (Fsp3) is 0.444. The van der Waals surface area contributed by atoms with Crippen LogP contribution in [0, 0.1) is 27.7 Å². The van der Waals surface area contributed by atoms with Crippen molar-refractivity contribution in [3.8, 4) is 0 Å². The van der Waals surface area contributed by atoms with E-state index in [0.29, 0.717) is 0 Å². The van der Waals surface area contributed by atoms with Gasteiger partial charge in [-0.1, -0.05) is 43.6 Å². The van der Waals surface area contributed by atoms with Gasteiger partial charge in [-0.3, -0.25) is 4.79 Å². The molecule has 1 aliphatic carbocycles. The van der Waals surface area contributed by atoms with E-state index < -0.39 is 0 Å². The van der Waals surface area contributed by atoms with Gasteiger partial charge in [0.2, 0.25) is 0 Å². The van der Waals surface area contributed by atoms with E-state index >= 15 is 0 Å². The van der Waals surface area contributed by atoms with E-state index in [1.165, 1.54) is 33.4 Å². The van der Waals surface area contributed by atoms with Crippen LogP contribution in [0.3, 0.4) is 0 Å². The van der Waals surface area contributed by atoms with Gasteiger partial charge in [0, 0.05) is 14.5 Å². The van der Waals surface area contributed by atoms with Crippen LogP contribution in [0.2, 0.25) is 0 Å². The molecule has 0 radical (unpaired) electrons. The van der Waals surface area contributed by atoms with Gasteiger partial charge in [-0.15, -0.1) is 0 Å². The first-order chi connectivity index (χ1) is 13.8. The SMILES string of the molecule is Cc1c(C)c(C)c(/C=C/C(=O)c2cc3c(cc2Br)C(C)(C)CCC3(C)C)c(Br)c1C. The van der Waals surface area contributed by atoms with Crippen LogP contribution < -0.4 is 0 Å². The minimum Gasteiger partial charge on any atom is -0.289 e. The van der Waals surface area contributed by atoms with Gasteiger partial charge in [0.25, 0.3) is 0 Å². The molecule has 0 aromatic heterocycles. The zero-order chi connectivity index (χ0) is 22.6. The number of halogens is 2. The van der Waals surface area contributed by atoms with E-state index in [4.69, 9.17) is 0 Å². The fourth-order valence-corrected chi connectivity index (χ4v) is 5.78. The van der Waals surface area contributed by atoms with Gasteiger partial charge in [0.05, 0.1) is 0 Å². The number of hydrogen-bond donors (Lipinski definition) is 0. The largest absolute Gasteiger partial charge is 0.289 e. The first kappa shape index (κ1) is 23.5. The van der Waals surface area contributed by atoms with Crippen molar-refractivity contribution in [2.24, 2.45) is 0 Å². The average Bonchev–Trinajstić information content (AvgIpc) is 2.68. The average molecular weight is 532 g/mol. The van der Waals surface area contributed by atoms with Crippen LogP contribution in [0.15, 0.2) is 27.2 Å². The predicted molar refractivity (Wildman–Crippen MR) is 136 cm³/mol. The number of benzene rings is 2. The predicted octanol–water partition coefficient (Wildman–Crippen LogP) is 8.69. The summed E-state index contributed by atoms with van der Waals surface area (Å²) < 4.78 is 1.95. The van der Waals surface area contributed by atoms with Crippen molar-refractivity contribution in [3.63, 3.8) is 0 Å². The molecule has 1 aliphatic rings. The number of ketones is 1. The zero-order valence-corrected chi connectivity index (χ0v) is 22.6. The molecule has 0 atom stereocenters. The minimum absolute atomic E-state index is 0.0334. The summed E-state index contributed by atoms with van der Waals surface area (Å²) in [7, 11) is 0. The number of rotatable bonds is 3. The smallest absolute Gasteiger partial charge is 0.186 e. The molecular formula is C27H32Br2O. The molecule has 0 heterocycles. The Morgan fingerprint density at radius 2 is 1.33 bits per heavy atom. The lowest BCUT2D eigenvalue weighted by atomic mass is 9.63. The van der Waals surface area contributed by atoms with Gasteiger partial charge in [-0.25, -0.2) is 0 Å². The van der Waals surface area contributed by atoms with Crippen LogP contribution >= 0.6 is 31.9 Å². The maximum Gasteiger partial charge on any atom is 0.186 e. The second-order valence-electron chi connectivity index (χ2n) is 10.1. The van der Waals surface area contributed by atoms with Crippen molar-refractivity contribution in [3.05, 3.63) is 71.7 Å². The Labute approximate surface area is 198 Å². The molecule has 3 rings (SSSR count). The summed E-state index contributed by atoms with van der Waals surface area (Å²) in [4.78, 5) is 13.2. The summed E-state index contributed by atoms with van der Waals surface area (Å²) in [6.45, 7) is 17.7. The number of carbonyl (C=O) groups excluding carboxylic acids is 1. The molecule has 2 aromatic carbocycles. The summed E-state index contributed by atoms with van der Waals surface area (Å²) in [5.41, 5.74) is 9.70. The van der Waals surface area contributed by atoms with Crippen LogP contribution in [-0.2, 0) is 10.8 Å². The Balaban J connectivity index is 2.06. The highest BCUT2D eigenvalue weighted by Crippen LogP contribution is 2.47. The van der Waals surface area contributed by atoms with Crippen LogP contribution in [-0.4, -0.2) is 5.78 Å². The number of fused-ring (bicyclic) bond motifs is 1. The van der Waals surface area contributed by atoms with Crippen molar-refractivity contribution in [2.75, 3.05) is 0 Å². The molecule has 160 valence electrons. The molecule has 1 nitrogen and oxygen atoms in total. The first-order valence-electron chi connectivity index (χ1n) is 10.6. The molecule has 0 spiro atoms. The van der Waals surface area contributed by atoms with Crippen molar-refractivity contribution < 1.29 is 4.79 Å². The van der Waals surface area contributed by atoms with Gasteiger partial charge in [0.15, 0.2) is 5.78 Å². The molecule has 0 bridgehead atoms. The molecular weight excluding hydrogens is 500 g/mol. The van der Waals surface area contributed by atoms with Crippen LogP contribution in [0.4, 0.5) is 0 Å². The summed E-state index contributed by atoms with van der Waals surface area (Å²) in [6.07, 6.45) is 5.97. The Morgan fingerprint density at radius 3 is 1.90 bits per heavy atom. The third kappa shape index (κ3) is 4.00. The monoisotopic (exact) mass is 530 g/mol. The lowest BCUT2D eigenvalue weighted by Crippen LogP contribution is -2.34. The van der Waals surface area contributed by atoms with E-state index in [0.717, 1.165) is 32.9 Å². The zero-order valence-electron chi connectivity index (χ0n) is 19.4. The van der Waals surface area contributed by atoms with Crippen molar-refractivity contribution >= 4 is 43.7 Å². The van der Waals surface area contributed by atoms with Gasteiger partial charge in [0.1, 0.15) is 0 Å². The minimum atomic E-state index is 0.0334. The van der Waals surface area contributed by atoms with Crippen molar-refractivity contribution in [2.45, 2.75) is 79.1 Å². The van der Waals surface area contributed by atoms with Crippen LogP contribution in [0.1, 0.15) is 89.8 Å². The molecule has 0 N–H and O–H groups in total. The van der Waals surface area contributed by atoms with Crippen LogP contribution in [0.25, 0.3) is 6.08 Å². The topological polar surface area (TPSA) is 17.1 Å². The summed E-state index contributed by atoms with van der Waals surface area (Å²) in [5.74, 6) is 0.0334. The molecule has 3 heteroatoms. The Kier molecular flexibility index (Phi) is 6.30. The highest BCUT2D eigenvalue weighted by Gasteiger charge is 2.37. The molecule has 2 aromatic rings. The third-order valence-corrected chi connectivity index (χ3v) is 8.94. The Hall–Kier alpha value is -1.19. The second kappa shape index (κ2) is 8.06.